The van der Waals surface area contributed by atoms with Gasteiger partial charge in [0, 0.05) is 25.0 Å². The van der Waals surface area contributed by atoms with E-state index in [1.807, 2.05) is 36.5 Å². The molecule has 0 atom stereocenters. The van der Waals surface area contributed by atoms with Crippen LogP contribution in [0.4, 0.5) is 0 Å². The third-order valence-corrected chi connectivity index (χ3v) is 4.31. The molecule has 6 nitrogen and oxygen atoms in total. The SMILES string of the molecule is CCNC(=NCc1ccc(OC2CCCC2)nc1)NCc1ccccn1.I. The molecule has 1 aliphatic rings. The zero-order valence-electron chi connectivity index (χ0n) is 15.7. The second-order valence-corrected chi connectivity index (χ2v) is 6.40. The fraction of sp³-hybridized carbons (Fsp3) is 0.450. The number of hydrogen-bond donors (Lipinski definition) is 2. The Morgan fingerprint density at radius 3 is 2.67 bits per heavy atom. The van der Waals surface area contributed by atoms with Gasteiger partial charge < -0.3 is 15.4 Å². The largest absolute Gasteiger partial charge is 0.474 e. The van der Waals surface area contributed by atoms with Crippen LogP contribution in [0.2, 0.25) is 0 Å². The number of pyridine rings is 2. The molecule has 1 aliphatic carbocycles. The molecule has 0 aromatic carbocycles. The van der Waals surface area contributed by atoms with E-state index in [1.165, 1.54) is 12.8 Å². The van der Waals surface area contributed by atoms with Crippen molar-refractivity contribution in [1.29, 1.82) is 0 Å². The predicted molar refractivity (Wildman–Crippen MR) is 118 cm³/mol. The van der Waals surface area contributed by atoms with Crippen LogP contribution in [-0.4, -0.2) is 28.6 Å². The fourth-order valence-corrected chi connectivity index (χ4v) is 2.94. The topological polar surface area (TPSA) is 71.4 Å². The lowest BCUT2D eigenvalue weighted by Crippen LogP contribution is -2.37. The highest BCUT2D eigenvalue weighted by Gasteiger charge is 2.16. The maximum Gasteiger partial charge on any atom is 0.213 e. The van der Waals surface area contributed by atoms with E-state index >= 15 is 0 Å². The lowest BCUT2D eigenvalue weighted by molar-refractivity contribution is 0.201. The van der Waals surface area contributed by atoms with Crippen molar-refractivity contribution in [2.24, 2.45) is 4.99 Å². The first-order chi connectivity index (χ1) is 12.8. The van der Waals surface area contributed by atoms with Crippen LogP contribution in [0.3, 0.4) is 0 Å². The molecule has 0 aliphatic heterocycles. The molecule has 2 aromatic rings. The van der Waals surface area contributed by atoms with Crippen molar-refractivity contribution >= 4 is 29.9 Å². The molecule has 2 heterocycles. The predicted octanol–water partition coefficient (Wildman–Crippen LogP) is 3.67. The van der Waals surface area contributed by atoms with E-state index in [0.29, 0.717) is 25.1 Å². The second kappa shape index (κ2) is 11.7. The molecule has 0 saturated heterocycles. The second-order valence-electron chi connectivity index (χ2n) is 6.40. The Morgan fingerprint density at radius 2 is 2.00 bits per heavy atom. The first-order valence-corrected chi connectivity index (χ1v) is 9.37. The van der Waals surface area contributed by atoms with Crippen molar-refractivity contribution in [2.45, 2.75) is 51.8 Å². The van der Waals surface area contributed by atoms with Gasteiger partial charge in [0.15, 0.2) is 5.96 Å². The summed E-state index contributed by atoms with van der Waals surface area (Å²) in [4.78, 5) is 13.3. The Kier molecular flexibility index (Phi) is 9.30. The number of rotatable bonds is 7. The lowest BCUT2D eigenvalue weighted by atomic mass is 10.3. The van der Waals surface area contributed by atoms with Gasteiger partial charge in [-0.05, 0) is 50.3 Å². The third kappa shape index (κ3) is 7.32. The zero-order chi connectivity index (χ0) is 18.0. The average molecular weight is 481 g/mol. The number of ether oxygens (including phenoxy) is 1. The standard InChI is InChI=1S/C20H27N5O.HI/c1-2-21-20(25-15-17-7-5-6-12-22-17)24-14-16-10-11-19(23-13-16)26-18-8-3-4-9-18;/h5-7,10-13,18H,2-4,8-9,14-15H2,1H3,(H2,21,24,25);1H. The van der Waals surface area contributed by atoms with Gasteiger partial charge in [-0.15, -0.1) is 24.0 Å². The van der Waals surface area contributed by atoms with E-state index in [9.17, 15) is 0 Å². The fourth-order valence-electron chi connectivity index (χ4n) is 2.94. The van der Waals surface area contributed by atoms with Crippen LogP contribution in [0.1, 0.15) is 43.9 Å². The van der Waals surface area contributed by atoms with Crippen LogP contribution in [0.15, 0.2) is 47.7 Å². The van der Waals surface area contributed by atoms with Crippen LogP contribution in [0, 0.1) is 0 Å². The number of halogens is 1. The Balaban J connectivity index is 0.00000261. The van der Waals surface area contributed by atoms with Gasteiger partial charge in [0.2, 0.25) is 5.88 Å². The minimum absolute atomic E-state index is 0. The monoisotopic (exact) mass is 481 g/mol. The summed E-state index contributed by atoms with van der Waals surface area (Å²) >= 11 is 0. The molecule has 146 valence electrons. The van der Waals surface area contributed by atoms with Crippen molar-refractivity contribution in [3.05, 3.63) is 54.0 Å². The van der Waals surface area contributed by atoms with E-state index in [2.05, 4.69) is 32.5 Å². The van der Waals surface area contributed by atoms with Gasteiger partial charge in [0.1, 0.15) is 6.10 Å². The quantitative estimate of drug-likeness (QED) is 0.359. The molecule has 0 bridgehead atoms. The summed E-state index contributed by atoms with van der Waals surface area (Å²) in [5, 5.41) is 6.55. The molecule has 0 unspecified atom stereocenters. The molecule has 1 fully saturated rings. The van der Waals surface area contributed by atoms with Crippen molar-refractivity contribution in [2.75, 3.05) is 6.54 Å². The highest BCUT2D eigenvalue weighted by atomic mass is 127. The molecular weight excluding hydrogens is 453 g/mol. The van der Waals surface area contributed by atoms with Crippen LogP contribution in [0.5, 0.6) is 5.88 Å². The molecule has 0 amide bonds. The highest BCUT2D eigenvalue weighted by molar-refractivity contribution is 14.0. The number of aromatic nitrogens is 2. The molecule has 2 aromatic heterocycles. The van der Waals surface area contributed by atoms with E-state index in [1.54, 1.807) is 6.20 Å². The molecule has 3 rings (SSSR count). The Hall–Kier alpha value is -1.90. The van der Waals surface area contributed by atoms with Crippen molar-refractivity contribution < 1.29 is 4.74 Å². The molecule has 27 heavy (non-hydrogen) atoms. The molecule has 7 heteroatoms. The van der Waals surface area contributed by atoms with Gasteiger partial charge in [-0.1, -0.05) is 12.1 Å². The maximum atomic E-state index is 5.90. The molecule has 2 N–H and O–H groups in total. The molecule has 1 saturated carbocycles. The maximum absolute atomic E-state index is 5.90. The van der Waals surface area contributed by atoms with Crippen molar-refractivity contribution in [3.63, 3.8) is 0 Å². The number of hydrogen-bond acceptors (Lipinski definition) is 4. The summed E-state index contributed by atoms with van der Waals surface area (Å²) in [6.45, 7) is 4.06. The van der Waals surface area contributed by atoms with Crippen LogP contribution in [-0.2, 0) is 13.1 Å². The van der Waals surface area contributed by atoms with Crippen LogP contribution in [0.25, 0.3) is 0 Å². The van der Waals surface area contributed by atoms with Gasteiger partial charge in [0.25, 0.3) is 0 Å². The lowest BCUT2D eigenvalue weighted by Gasteiger charge is -2.12. The van der Waals surface area contributed by atoms with E-state index in [-0.39, 0.29) is 24.0 Å². The van der Waals surface area contributed by atoms with Crippen molar-refractivity contribution in [1.82, 2.24) is 20.6 Å². The minimum atomic E-state index is 0. The summed E-state index contributed by atoms with van der Waals surface area (Å²) in [7, 11) is 0. The summed E-state index contributed by atoms with van der Waals surface area (Å²) < 4.78 is 5.90. The third-order valence-electron chi connectivity index (χ3n) is 4.31. The van der Waals surface area contributed by atoms with Gasteiger partial charge in [-0.25, -0.2) is 9.98 Å². The first kappa shape index (κ1) is 21.4. The van der Waals surface area contributed by atoms with Gasteiger partial charge in [0.05, 0.1) is 18.8 Å². The Morgan fingerprint density at radius 1 is 1.15 bits per heavy atom. The van der Waals surface area contributed by atoms with Crippen LogP contribution >= 0.6 is 24.0 Å². The van der Waals surface area contributed by atoms with Gasteiger partial charge in [-0.2, -0.15) is 0 Å². The van der Waals surface area contributed by atoms with E-state index in [4.69, 9.17) is 4.74 Å². The Bertz CT molecular complexity index is 687. The Labute approximate surface area is 178 Å². The molecule has 0 spiro atoms. The minimum Gasteiger partial charge on any atom is -0.474 e. The summed E-state index contributed by atoms with van der Waals surface area (Å²) in [5.41, 5.74) is 2.03. The summed E-state index contributed by atoms with van der Waals surface area (Å²) in [5.74, 6) is 1.48. The highest BCUT2D eigenvalue weighted by Crippen LogP contribution is 2.22. The summed E-state index contributed by atoms with van der Waals surface area (Å²) in [6, 6.07) is 9.86. The molecular formula is C20H28IN5O. The molecule has 0 radical (unpaired) electrons. The first-order valence-electron chi connectivity index (χ1n) is 9.37. The average Bonchev–Trinajstić information content (AvgIpc) is 3.19. The van der Waals surface area contributed by atoms with Gasteiger partial charge in [-0.3, -0.25) is 4.98 Å². The number of guanidine groups is 1. The van der Waals surface area contributed by atoms with E-state index in [0.717, 1.165) is 36.6 Å². The van der Waals surface area contributed by atoms with E-state index < -0.39 is 0 Å². The van der Waals surface area contributed by atoms with Crippen LogP contribution < -0.4 is 15.4 Å². The zero-order valence-corrected chi connectivity index (χ0v) is 18.1. The number of nitrogens with one attached hydrogen (secondary N) is 2. The smallest absolute Gasteiger partial charge is 0.213 e. The number of nitrogens with zero attached hydrogens (tertiary/aromatic N) is 3. The van der Waals surface area contributed by atoms with Gasteiger partial charge >= 0.3 is 0 Å². The normalized spacial score (nSPS) is 14.5. The summed E-state index contributed by atoms with van der Waals surface area (Å²) in [6.07, 6.45) is 8.77. The van der Waals surface area contributed by atoms with Crippen molar-refractivity contribution in [3.8, 4) is 5.88 Å². The number of aliphatic imine (C=N–C) groups is 1.